The number of guanidine groups is 1. The number of hydrogen-bond acceptors (Lipinski definition) is 8. The molecule has 3 rings (SSSR count). The maximum Gasteiger partial charge on any atom is 0.278 e. The predicted molar refractivity (Wildman–Crippen MR) is 103 cm³/mol. The molecule has 2 aromatic heterocycles. The van der Waals surface area contributed by atoms with Gasteiger partial charge in [-0.2, -0.15) is 0 Å². The fourth-order valence-electron chi connectivity index (χ4n) is 2.84. The van der Waals surface area contributed by atoms with Crippen LogP contribution in [0.4, 0.5) is 14.6 Å². The molecule has 2 aromatic rings. The number of nitrogens with zero attached hydrogens (tertiary/aromatic N) is 4. The Hall–Kier alpha value is -3.35. The molecule has 0 bridgehead atoms. The molecule has 160 valence electrons. The summed E-state index contributed by atoms with van der Waals surface area (Å²) in [6.45, 7) is 1.35. The van der Waals surface area contributed by atoms with E-state index in [2.05, 4.69) is 20.3 Å². The van der Waals surface area contributed by atoms with Gasteiger partial charge in [0.1, 0.15) is 34.4 Å². The van der Waals surface area contributed by atoms with Gasteiger partial charge in [-0.3, -0.25) is 4.79 Å². The monoisotopic (exact) mass is 440 g/mol. The third-order valence-corrected chi connectivity index (χ3v) is 6.38. The first kappa shape index (κ1) is 21.4. The second-order valence-corrected chi connectivity index (χ2v) is 8.65. The van der Waals surface area contributed by atoms with Crippen LogP contribution in [0.1, 0.15) is 23.1 Å². The van der Waals surface area contributed by atoms with Gasteiger partial charge in [0.2, 0.25) is 16.0 Å². The minimum Gasteiger partial charge on any atom is -0.495 e. The van der Waals surface area contributed by atoms with Crippen LogP contribution in [0.2, 0.25) is 0 Å². The zero-order chi connectivity index (χ0) is 22.3. The Bertz CT molecular complexity index is 1160. The van der Waals surface area contributed by atoms with Gasteiger partial charge >= 0.3 is 0 Å². The molecule has 1 amide bonds. The number of nitrogens with two attached hydrogens (primary N) is 1. The van der Waals surface area contributed by atoms with Gasteiger partial charge in [0.25, 0.3) is 5.91 Å². The van der Waals surface area contributed by atoms with Crippen LogP contribution in [0.25, 0.3) is 0 Å². The fourth-order valence-corrected chi connectivity index (χ4v) is 4.27. The lowest BCUT2D eigenvalue weighted by atomic mass is 10.00. The van der Waals surface area contributed by atoms with E-state index in [-0.39, 0.29) is 23.2 Å². The number of aliphatic imine (C=N–C) groups is 1. The highest BCUT2D eigenvalue weighted by atomic mass is 32.2. The van der Waals surface area contributed by atoms with Crippen LogP contribution >= 0.6 is 0 Å². The molecule has 1 aliphatic rings. The molecule has 0 spiro atoms. The van der Waals surface area contributed by atoms with Crippen LogP contribution in [0, 0.1) is 11.6 Å². The average Bonchev–Trinajstić information content (AvgIpc) is 2.66. The summed E-state index contributed by atoms with van der Waals surface area (Å²) in [6, 6.07) is 3.10. The van der Waals surface area contributed by atoms with Crippen molar-refractivity contribution in [2.24, 2.45) is 10.7 Å². The molecule has 0 fully saturated rings. The van der Waals surface area contributed by atoms with Gasteiger partial charge in [0.15, 0.2) is 11.5 Å². The molecular weight excluding hydrogens is 422 g/mol. The largest absolute Gasteiger partial charge is 0.495 e. The molecule has 10 nitrogen and oxygen atoms in total. The molecule has 13 heteroatoms. The van der Waals surface area contributed by atoms with E-state index in [0.29, 0.717) is 0 Å². The summed E-state index contributed by atoms with van der Waals surface area (Å²) >= 11 is 0. The van der Waals surface area contributed by atoms with Crippen molar-refractivity contribution in [3.63, 3.8) is 0 Å². The molecule has 0 saturated heterocycles. The molecule has 0 aliphatic carbocycles. The van der Waals surface area contributed by atoms with Crippen molar-refractivity contribution in [1.29, 1.82) is 0 Å². The number of ether oxygens (including phenoxy) is 1. The number of carbonyl (C=O) groups excluding carboxylic acids is 1. The van der Waals surface area contributed by atoms with Gasteiger partial charge < -0.3 is 15.8 Å². The highest BCUT2D eigenvalue weighted by molar-refractivity contribution is 7.89. The summed E-state index contributed by atoms with van der Waals surface area (Å²) in [4.78, 5) is 24.1. The highest BCUT2D eigenvalue weighted by Gasteiger charge is 2.43. The number of halogens is 2. The van der Waals surface area contributed by atoms with Gasteiger partial charge in [0, 0.05) is 13.1 Å². The lowest BCUT2D eigenvalue weighted by Crippen LogP contribution is -2.50. The predicted octanol–water partition coefficient (Wildman–Crippen LogP) is 0.821. The first-order valence-corrected chi connectivity index (χ1v) is 10.1. The smallest absolute Gasteiger partial charge is 0.278 e. The molecule has 0 aromatic carbocycles. The summed E-state index contributed by atoms with van der Waals surface area (Å²) in [7, 11) is -1.32. The highest BCUT2D eigenvalue weighted by Crippen LogP contribution is 2.32. The minimum atomic E-state index is -3.86. The first-order chi connectivity index (χ1) is 14.0. The Balaban J connectivity index is 1.95. The number of anilines is 1. The van der Waals surface area contributed by atoms with Crippen LogP contribution < -0.4 is 15.8 Å². The van der Waals surface area contributed by atoms with E-state index in [1.807, 2.05) is 0 Å². The number of nitrogens with one attached hydrogen (secondary N) is 1. The molecule has 30 heavy (non-hydrogen) atoms. The van der Waals surface area contributed by atoms with Crippen LogP contribution in [-0.2, 0) is 15.6 Å². The Morgan fingerprint density at radius 1 is 1.33 bits per heavy atom. The van der Waals surface area contributed by atoms with Crippen molar-refractivity contribution >= 4 is 27.7 Å². The fraction of sp³-hybridized carbons (Fsp3) is 0.294. The van der Waals surface area contributed by atoms with Gasteiger partial charge in [0.05, 0.1) is 13.3 Å². The lowest BCUT2D eigenvalue weighted by Gasteiger charge is -2.33. The Morgan fingerprint density at radius 2 is 2.03 bits per heavy atom. The van der Waals surface area contributed by atoms with Crippen LogP contribution in [0.15, 0.2) is 29.4 Å². The van der Waals surface area contributed by atoms with E-state index < -0.39 is 44.6 Å². The van der Waals surface area contributed by atoms with E-state index in [4.69, 9.17) is 10.5 Å². The summed E-state index contributed by atoms with van der Waals surface area (Å²) in [5, 5.41) is 2.30. The number of carbonyl (C=O) groups is 1. The standard InChI is InChI=1S/C17H18F2N6O4S/c1-17(8-30(27,28)25(2)16(20)24-17)14-10(18)4-5-12(22-14)23-15(26)13-11(19)6-9(29-3)7-21-13/h4-7H,8H2,1-3H3,(H2,20,24)(H,22,23,26)/t17-/m0/s1. The molecule has 0 unspecified atom stereocenters. The lowest BCUT2D eigenvalue weighted by molar-refractivity contribution is 0.101. The molecule has 1 atom stereocenters. The van der Waals surface area contributed by atoms with Gasteiger partial charge in [-0.1, -0.05) is 0 Å². The Labute approximate surface area is 170 Å². The van der Waals surface area contributed by atoms with Crippen molar-refractivity contribution in [2.75, 3.05) is 25.2 Å². The third-order valence-electron chi connectivity index (χ3n) is 4.43. The Kier molecular flexibility index (Phi) is 5.33. The third kappa shape index (κ3) is 3.87. The number of rotatable bonds is 4. The number of pyridine rings is 2. The van der Waals surface area contributed by atoms with E-state index in [1.165, 1.54) is 21.1 Å². The molecular formula is C17H18F2N6O4S. The van der Waals surface area contributed by atoms with Crippen LogP contribution in [-0.4, -0.2) is 54.5 Å². The zero-order valence-corrected chi connectivity index (χ0v) is 17.0. The average molecular weight is 440 g/mol. The van der Waals surface area contributed by atoms with E-state index >= 15 is 0 Å². The maximum atomic E-state index is 14.5. The van der Waals surface area contributed by atoms with Gasteiger partial charge in [-0.15, -0.1) is 0 Å². The molecule has 3 N–H and O–H groups in total. The SMILES string of the molecule is COc1cnc(C(=O)Nc2ccc(F)c([C@]3(C)CS(=O)(=O)N(C)C(N)=N3)n2)c(F)c1. The maximum absolute atomic E-state index is 14.5. The van der Waals surface area contributed by atoms with Crippen molar-refractivity contribution in [3.05, 3.63) is 47.4 Å². The van der Waals surface area contributed by atoms with E-state index in [1.54, 1.807) is 0 Å². The zero-order valence-electron chi connectivity index (χ0n) is 16.2. The normalized spacial score (nSPS) is 20.4. The number of sulfonamides is 1. The van der Waals surface area contributed by atoms with Crippen LogP contribution in [0.5, 0.6) is 5.75 Å². The minimum absolute atomic E-state index is 0.123. The number of methoxy groups -OCH3 is 1. The summed E-state index contributed by atoms with van der Waals surface area (Å²) in [5.41, 5.74) is 3.16. The molecule has 3 heterocycles. The van der Waals surface area contributed by atoms with Gasteiger partial charge in [-0.05, 0) is 19.1 Å². The molecule has 0 saturated carbocycles. The molecule has 1 aliphatic heterocycles. The van der Waals surface area contributed by atoms with Crippen molar-refractivity contribution in [2.45, 2.75) is 12.5 Å². The summed E-state index contributed by atoms with van der Waals surface area (Å²) in [5.74, 6) is -3.67. The second-order valence-electron chi connectivity index (χ2n) is 6.65. The quantitative estimate of drug-likeness (QED) is 0.717. The topological polar surface area (TPSA) is 140 Å². The van der Waals surface area contributed by atoms with Crippen molar-refractivity contribution in [3.8, 4) is 5.75 Å². The summed E-state index contributed by atoms with van der Waals surface area (Å²) < 4.78 is 58.8. The number of amides is 1. The van der Waals surface area contributed by atoms with Crippen LogP contribution in [0.3, 0.4) is 0 Å². The summed E-state index contributed by atoms with van der Waals surface area (Å²) in [6.07, 6.45) is 1.16. The van der Waals surface area contributed by atoms with E-state index in [9.17, 15) is 22.0 Å². The second kappa shape index (κ2) is 7.48. The van der Waals surface area contributed by atoms with Gasteiger partial charge in [-0.25, -0.2) is 36.5 Å². The molecule has 0 radical (unpaired) electrons. The number of aromatic nitrogens is 2. The van der Waals surface area contributed by atoms with Crippen molar-refractivity contribution in [1.82, 2.24) is 14.3 Å². The van der Waals surface area contributed by atoms with Crippen molar-refractivity contribution < 1.29 is 26.7 Å². The first-order valence-electron chi connectivity index (χ1n) is 8.47. The Morgan fingerprint density at radius 3 is 2.63 bits per heavy atom. The number of hydrogen-bond donors (Lipinski definition) is 2. The van der Waals surface area contributed by atoms with E-state index in [0.717, 1.165) is 28.7 Å².